The van der Waals surface area contributed by atoms with Crippen molar-refractivity contribution in [2.45, 2.75) is 21.4 Å². The van der Waals surface area contributed by atoms with Crippen LogP contribution in [0.25, 0.3) is 0 Å². The zero-order valence-corrected chi connectivity index (χ0v) is 23.8. The molecule has 11 heteroatoms. The van der Waals surface area contributed by atoms with E-state index in [-0.39, 0.29) is 38.0 Å². The van der Waals surface area contributed by atoms with E-state index in [0.717, 1.165) is 48.5 Å². The van der Waals surface area contributed by atoms with Crippen LogP contribution in [-0.2, 0) is 25.7 Å². The number of hydrogen-bond acceptors (Lipinski definition) is 6. The molecule has 0 amide bonds. The molecule has 0 heterocycles. The molecule has 6 nitrogen and oxygen atoms in total. The number of rotatable bonds is 9. The summed E-state index contributed by atoms with van der Waals surface area (Å²) in [6.07, 6.45) is -4.90. The number of hydrogen-bond donors (Lipinski definition) is 0. The summed E-state index contributed by atoms with van der Waals surface area (Å²) in [5.74, 6) is -0.349. The summed E-state index contributed by atoms with van der Waals surface area (Å²) in [6, 6.07) is 31.1. The molecule has 0 aliphatic carbocycles. The quantitative estimate of drug-likeness (QED) is 0.128. The van der Waals surface area contributed by atoms with E-state index in [1.54, 1.807) is 18.2 Å². The molecular weight excluding hydrogens is 601 g/mol. The summed E-state index contributed by atoms with van der Waals surface area (Å²) >= 11 is 0. The van der Waals surface area contributed by atoms with E-state index >= 15 is 13.2 Å². The summed E-state index contributed by atoms with van der Waals surface area (Å²) in [5, 5.41) is 0. The van der Waals surface area contributed by atoms with E-state index in [1.165, 1.54) is 72.8 Å². The minimum absolute atomic E-state index is 0.107. The molecule has 43 heavy (non-hydrogen) atoms. The third-order valence-electron chi connectivity index (χ3n) is 6.68. The minimum atomic E-state index is -4.90. The summed E-state index contributed by atoms with van der Waals surface area (Å²) in [5.41, 5.74) is -3.27. The van der Waals surface area contributed by atoms with Gasteiger partial charge in [0.05, 0.1) is 0 Å². The summed E-state index contributed by atoms with van der Waals surface area (Å²) in [7, 11) is -8.44. The van der Waals surface area contributed by atoms with Crippen LogP contribution in [0.5, 0.6) is 11.5 Å². The molecule has 0 unspecified atom stereocenters. The summed E-state index contributed by atoms with van der Waals surface area (Å²) in [4.78, 5) is -0.214. The van der Waals surface area contributed by atoms with Gasteiger partial charge in [-0.25, -0.2) is 0 Å². The van der Waals surface area contributed by atoms with Crippen molar-refractivity contribution in [2.75, 3.05) is 0 Å². The highest BCUT2D eigenvalue weighted by molar-refractivity contribution is 7.87. The smallest absolute Gasteiger partial charge is 0.379 e. The maximum atomic E-state index is 15.4. The highest BCUT2D eigenvalue weighted by Gasteiger charge is 2.58. The number of benzene rings is 5. The Morgan fingerprint density at radius 3 is 1.05 bits per heavy atom. The Hall–Kier alpha value is -4.61. The van der Waals surface area contributed by atoms with Crippen molar-refractivity contribution in [1.29, 1.82) is 0 Å². The van der Waals surface area contributed by atoms with Gasteiger partial charge in [-0.3, -0.25) is 0 Å². The lowest BCUT2D eigenvalue weighted by Crippen LogP contribution is -2.44. The Balaban J connectivity index is 1.56. The molecule has 5 rings (SSSR count). The van der Waals surface area contributed by atoms with Gasteiger partial charge in [-0.15, -0.1) is 0 Å². The average Bonchev–Trinajstić information content (AvgIpc) is 3.00. The first-order valence-electron chi connectivity index (χ1n) is 12.8. The lowest BCUT2D eigenvalue weighted by Gasteiger charge is -2.37. The molecule has 0 spiro atoms. The van der Waals surface area contributed by atoms with Crippen LogP contribution in [-0.4, -0.2) is 23.0 Å². The second kappa shape index (κ2) is 11.6. The van der Waals surface area contributed by atoms with Crippen LogP contribution >= 0.6 is 0 Å². The number of halogens is 3. The lowest BCUT2D eigenvalue weighted by molar-refractivity contribution is -0.166. The SMILES string of the molecule is O=S(=O)(Oc1ccc(C(c2ccccc2)(c2ccc(OS(=O)(=O)c3ccccc3)cc2)C(F)(F)F)cc1)c1ccccc1. The van der Waals surface area contributed by atoms with Gasteiger partial charge in [0.25, 0.3) is 0 Å². The monoisotopic (exact) mass is 624 g/mol. The van der Waals surface area contributed by atoms with Crippen LogP contribution in [0, 0.1) is 0 Å². The Bertz CT molecular complexity index is 1780. The van der Waals surface area contributed by atoms with Crippen LogP contribution in [0.2, 0.25) is 0 Å². The largest absolute Gasteiger partial charge is 0.406 e. The Morgan fingerprint density at radius 2 is 0.721 bits per heavy atom. The zero-order valence-electron chi connectivity index (χ0n) is 22.2. The van der Waals surface area contributed by atoms with Gasteiger partial charge in [0.1, 0.15) is 26.7 Å². The molecule has 0 bridgehead atoms. The van der Waals surface area contributed by atoms with Crippen molar-refractivity contribution >= 4 is 20.2 Å². The van der Waals surface area contributed by atoms with Gasteiger partial charge in [-0.2, -0.15) is 30.0 Å². The normalized spacial score (nSPS) is 12.4. The lowest BCUT2D eigenvalue weighted by atomic mass is 9.69. The fourth-order valence-electron chi connectivity index (χ4n) is 4.72. The van der Waals surface area contributed by atoms with E-state index in [0.29, 0.717) is 0 Å². The topological polar surface area (TPSA) is 86.7 Å². The molecule has 0 saturated carbocycles. The molecule has 0 aliphatic heterocycles. The fourth-order valence-corrected chi connectivity index (χ4v) is 6.63. The Kier molecular flexibility index (Phi) is 8.04. The van der Waals surface area contributed by atoms with Crippen LogP contribution < -0.4 is 8.37 Å². The van der Waals surface area contributed by atoms with E-state index < -0.39 is 31.8 Å². The first-order chi connectivity index (χ1) is 20.4. The second-order valence-electron chi connectivity index (χ2n) is 9.36. The predicted molar refractivity (Wildman–Crippen MR) is 154 cm³/mol. The predicted octanol–water partition coefficient (Wildman–Crippen LogP) is 7.12. The van der Waals surface area contributed by atoms with Crippen LogP contribution in [0.4, 0.5) is 13.2 Å². The molecule has 0 aliphatic rings. The molecule has 0 atom stereocenters. The molecular formula is C32H23F3O6S2. The maximum absolute atomic E-state index is 15.4. The third-order valence-corrected chi connectivity index (χ3v) is 9.21. The highest BCUT2D eigenvalue weighted by Crippen LogP contribution is 2.51. The van der Waals surface area contributed by atoms with Gasteiger partial charge in [-0.1, -0.05) is 91.0 Å². The first kappa shape index (κ1) is 29.9. The van der Waals surface area contributed by atoms with E-state index in [1.807, 2.05) is 0 Å². The average molecular weight is 625 g/mol. The van der Waals surface area contributed by atoms with Gasteiger partial charge >= 0.3 is 26.4 Å². The standard InChI is InChI=1S/C32H23F3O6S2/c33-32(34,35)31(24-10-4-1-5-11-24,25-16-20-27(21-17-25)40-42(36,37)29-12-6-2-7-13-29)26-18-22-28(23-19-26)41-43(38,39)30-14-8-3-9-15-30/h1-23H. The van der Waals surface area contributed by atoms with Gasteiger partial charge in [0.2, 0.25) is 0 Å². The van der Waals surface area contributed by atoms with Crippen molar-refractivity contribution in [1.82, 2.24) is 0 Å². The molecule has 0 N–H and O–H groups in total. The van der Waals surface area contributed by atoms with Gasteiger partial charge < -0.3 is 8.37 Å². The molecule has 0 radical (unpaired) electrons. The van der Waals surface area contributed by atoms with Crippen molar-refractivity contribution in [3.8, 4) is 11.5 Å². The summed E-state index contributed by atoms with van der Waals surface area (Å²) in [6.45, 7) is 0. The van der Waals surface area contributed by atoms with Crippen molar-refractivity contribution in [3.63, 3.8) is 0 Å². The maximum Gasteiger partial charge on any atom is 0.406 e. The molecule has 220 valence electrons. The van der Waals surface area contributed by atoms with E-state index in [9.17, 15) is 16.8 Å². The van der Waals surface area contributed by atoms with Crippen molar-refractivity contribution < 1.29 is 38.4 Å². The Labute approximate surface area is 247 Å². The highest BCUT2D eigenvalue weighted by atomic mass is 32.2. The van der Waals surface area contributed by atoms with Crippen LogP contribution in [0.15, 0.2) is 149 Å². The molecule has 0 fully saturated rings. The van der Waals surface area contributed by atoms with Gasteiger partial charge in [0, 0.05) is 0 Å². The van der Waals surface area contributed by atoms with Crippen LogP contribution in [0.3, 0.4) is 0 Å². The third kappa shape index (κ3) is 5.99. The zero-order chi connectivity index (χ0) is 30.7. The molecule has 5 aromatic carbocycles. The van der Waals surface area contributed by atoms with Crippen molar-refractivity contribution in [3.05, 3.63) is 156 Å². The van der Waals surface area contributed by atoms with Gasteiger partial charge in [-0.05, 0) is 65.2 Å². The second-order valence-corrected chi connectivity index (χ2v) is 12.5. The van der Waals surface area contributed by atoms with Gasteiger partial charge in [0.15, 0.2) is 0 Å². The fraction of sp³-hybridized carbons (Fsp3) is 0.0625. The van der Waals surface area contributed by atoms with E-state index in [4.69, 9.17) is 8.37 Å². The molecule has 0 saturated heterocycles. The van der Waals surface area contributed by atoms with E-state index in [2.05, 4.69) is 0 Å². The minimum Gasteiger partial charge on any atom is -0.379 e. The Morgan fingerprint density at radius 1 is 0.419 bits per heavy atom. The first-order valence-corrected chi connectivity index (χ1v) is 15.6. The molecule has 0 aromatic heterocycles. The van der Waals surface area contributed by atoms with Crippen molar-refractivity contribution in [2.24, 2.45) is 0 Å². The number of alkyl halides is 3. The summed E-state index contributed by atoms with van der Waals surface area (Å²) < 4.78 is 107. The van der Waals surface area contributed by atoms with Crippen LogP contribution in [0.1, 0.15) is 16.7 Å². The molecule has 5 aromatic rings.